The predicted octanol–water partition coefficient (Wildman–Crippen LogP) is 1.35. The highest BCUT2D eigenvalue weighted by Gasteiger charge is 2.28. The van der Waals surface area contributed by atoms with Gasteiger partial charge in [-0.1, -0.05) is 0 Å². The quantitative estimate of drug-likeness (QED) is 0.465. The normalized spacial score (nSPS) is 17.5. The van der Waals surface area contributed by atoms with Crippen molar-refractivity contribution in [2.75, 3.05) is 45.6 Å². The Hall–Kier alpha value is -3.19. The summed E-state index contributed by atoms with van der Waals surface area (Å²) in [5, 5.41) is 4.25. The van der Waals surface area contributed by atoms with Gasteiger partial charge in [0, 0.05) is 56.3 Å². The largest absolute Gasteiger partial charge is 0.350 e. The van der Waals surface area contributed by atoms with E-state index in [0.29, 0.717) is 50.7 Å². The molecule has 0 spiro atoms. The number of aromatic nitrogens is 4. The average molecular weight is 513 g/mol. The van der Waals surface area contributed by atoms with Crippen LogP contribution in [0.5, 0.6) is 0 Å². The molecular weight excluding hydrogens is 484 g/mol. The second-order valence-corrected chi connectivity index (χ2v) is 10.7. The molecule has 2 aliphatic rings. The number of carbonyl (C=O) groups is 1. The third kappa shape index (κ3) is 5.62. The van der Waals surface area contributed by atoms with Crippen molar-refractivity contribution in [3.8, 4) is 17.1 Å². The van der Waals surface area contributed by atoms with Crippen LogP contribution >= 0.6 is 0 Å². The Bertz CT molecular complexity index is 1300. The van der Waals surface area contributed by atoms with E-state index in [-0.39, 0.29) is 31.0 Å². The molecule has 12 heteroatoms. The van der Waals surface area contributed by atoms with Crippen LogP contribution in [0.3, 0.4) is 0 Å². The Morgan fingerprint density at radius 1 is 1.06 bits per heavy atom. The maximum Gasteiger partial charge on any atom is 0.272 e. The van der Waals surface area contributed by atoms with E-state index < -0.39 is 10.0 Å². The van der Waals surface area contributed by atoms with Crippen molar-refractivity contribution in [2.45, 2.75) is 19.1 Å². The van der Waals surface area contributed by atoms with E-state index in [1.807, 2.05) is 36.5 Å². The van der Waals surface area contributed by atoms with E-state index in [2.05, 4.69) is 10.1 Å². The molecule has 2 aliphatic heterocycles. The molecule has 5 rings (SSSR count). The first-order valence-electron chi connectivity index (χ1n) is 11.8. The van der Waals surface area contributed by atoms with Crippen molar-refractivity contribution in [1.29, 1.82) is 0 Å². The first-order chi connectivity index (χ1) is 17.4. The van der Waals surface area contributed by atoms with Gasteiger partial charge >= 0.3 is 0 Å². The van der Waals surface area contributed by atoms with Crippen LogP contribution in [-0.2, 0) is 25.9 Å². The Balaban J connectivity index is 1.39. The molecule has 1 aromatic carbocycles. The third-order valence-corrected chi connectivity index (χ3v) is 7.52. The molecule has 0 saturated carbocycles. The second kappa shape index (κ2) is 10.4. The molecule has 190 valence electrons. The first kappa shape index (κ1) is 24.5. The number of benzene rings is 1. The van der Waals surface area contributed by atoms with E-state index in [0.717, 1.165) is 11.3 Å². The summed E-state index contributed by atoms with van der Waals surface area (Å²) in [6.45, 7) is 2.30. The molecule has 2 aromatic heterocycles. The van der Waals surface area contributed by atoms with Gasteiger partial charge in [0.1, 0.15) is 5.69 Å². The minimum absolute atomic E-state index is 0.241. The Morgan fingerprint density at radius 2 is 1.78 bits per heavy atom. The lowest BCUT2D eigenvalue weighted by atomic mass is 10.1. The highest BCUT2D eigenvalue weighted by atomic mass is 32.2. The van der Waals surface area contributed by atoms with Crippen LogP contribution in [0.25, 0.3) is 17.1 Å². The molecule has 3 aromatic rings. The Morgan fingerprint density at radius 3 is 2.42 bits per heavy atom. The molecule has 0 aliphatic carbocycles. The van der Waals surface area contributed by atoms with Crippen LogP contribution in [-0.4, -0.2) is 95.2 Å². The molecule has 36 heavy (non-hydrogen) atoms. The lowest BCUT2D eigenvalue weighted by Crippen LogP contribution is -2.50. The number of ether oxygens (including phenoxy) is 2. The number of piperazine rings is 1. The Kier molecular flexibility index (Phi) is 7.10. The summed E-state index contributed by atoms with van der Waals surface area (Å²) < 4.78 is 37.9. The SMILES string of the molecule is CS(=O)(=O)N1CCN(C(=O)c2cc(CCC3OCCO3)nc(-c3ccc(-n4cccn4)cc3)n2)CC1. The fraction of sp³-hybridized carbons (Fsp3) is 0.417. The van der Waals surface area contributed by atoms with Crippen molar-refractivity contribution >= 4 is 15.9 Å². The smallest absolute Gasteiger partial charge is 0.272 e. The standard InChI is InChI=1S/C24H28N6O5S/c1-36(32,33)29-13-11-28(12-14-29)24(31)21-17-19(5-8-22-34-15-16-35-22)26-23(27-21)18-3-6-20(7-4-18)30-10-2-9-25-30/h2-4,6-7,9-10,17,22H,5,8,11-16H2,1H3. The number of carbonyl (C=O) groups excluding carboxylic acids is 1. The van der Waals surface area contributed by atoms with Crippen LogP contribution in [0.15, 0.2) is 48.8 Å². The summed E-state index contributed by atoms with van der Waals surface area (Å²) >= 11 is 0. The zero-order valence-electron chi connectivity index (χ0n) is 20.0. The van der Waals surface area contributed by atoms with Crippen LogP contribution in [0.4, 0.5) is 0 Å². The number of hydrogen-bond donors (Lipinski definition) is 0. The van der Waals surface area contributed by atoms with Crippen molar-refractivity contribution in [2.24, 2.45) is 0 Å². The fourth-order valence-corrected chi connectivity index (χ4v) is 5.10. The van der Waals surface area contributed by atoms with E-state index >= 15 is 0 Å². The van der Waals surface area contributed by atoms with Gasteiger partial charge in [-0.05, 0) is 42.8 Å². The van der Waals surface area contributed by atoms with E-state index in [1.165, 1.54) is 10.6 Å². The van der Waals surface area contributed by atoms with Crippen LogP contribution in [0.2, 0.25) is 0 Å². The van der Waals surface area contributed by atoms with Crippen molar-refractivity contribution in [3.05, 3.63) is 60.2 Å². The van der Waals surface area contributed by atoms with Gasteiger partial charge < -0.3 is 14.4 Å². The number of hydrogen-bond acceptors (Lipinski definition) is 8. The summed E-state index contributed by atoms with van der Waals surface area (Å²) in [4.78, 5) is 24.3. The maximum absolute atomic E-state index is 13.4. The zero-order valence-corrected chi connectivity index (χ0v) is 20.8. The molecule has 4 heterocycles. The van der Waals surface area contributed by atoms with Gasteiger partial charge in [-0.25, -0.2) is 23.1 Å². The molecular formula is C24H28N6O5S. The highest BCUT2D eigenvalue weighted by molar-refractivity contribution is 7.88. The fourth-order valence-electron chi connectivity index (χ4n) is 4.27. The van der Waals surface area contributed by atoms with Gasteiger partial charge in [0.05, 0.1) is 25.2 Å². The average Bonchev–Trinajstić information content (AvgIpc) is 3.61. The summed E-state index contributed by atoms with van der Waals surface area (Å²) in [6.07, 6.45) is 5.66. The van der Waals surface area contributed by atoms with E-state index in [9.17, 15) is 13.2 Å². The lowest BCUT2D eigenvalue weighted by Gasteiger charge is -2.33. The summed E-state index contributed by atoms with van der Waals surface area (Å²) in [6, 6.07) is 11.2. The van der Waals surface area contributed by atoms with E-state index in [4.69, 9.17) is 14.5 Å². The lowest BCUT2D eigenvalue weighted by molar-refractivity contribution is -0.0463. The first-order valence-corrected chi connectivity index (χ1v) is 13.7. The minimum atomic E-state index is -3.28. The molecule has 2 saturated heterocycles. The highest BCUT2D eigenvalue weighted by Crippen LogP contribution is 2.21. The van der Waals surface area contributed by atoms with Crippen LogP contribution in [0.1, 0.15) is 22.6 Å². The number of amides is 1. The molecule has 0 unspecified atom stereocenters. The molecule has 11 nitrogen and oxygen atoms in total. The number of rotatable bonds is 7. The second-order valence-electron chi connectivity index (χ2n) is 8.73. The van der Waals surface area contributed by atoms with Crippen molar-refractivity contribution < 1.29 is 22.7 Å². The molecule has 1 amide bonds. The van der Waals surface area contributed by atoms with Crippen molar-refractivity contribution in [3.63, 3.8) is 0 Å². The van der Waals surface area contributed by atoms with Gasteiger partial charge in [0.2, 0.25) is 10.0 Å². The van der Waals surface area contributed by atoms with Gasteiger partial charge in [0.15, 0.2) is 12.1 Å². The molecule has 0 radical (unpaired) electrons. The zero-order chi connectivity index (χ0) is 25.1. The van der Waals surface area contributed by atoms with Gasteiger partial charge in [-0.15, -0.1) is 0 Å². The Labute approximate surface area is 209 Å². The van der Waals surface area contributed by atoms with Crippen molar-refractivity contribution in [1.82, 2.24) is 29.0 Å². The monoisotopic (exact) mass is 512 g/mol. The minimum Gasteiger partial charge on any atom is -0.350 e. The number of aryl methyl sites for hydroxylation is 1. The maximum atomic E-state index is 13.4. The molecule has 2 fully saturated rings. The van der Waals surface area contributed by atoms with Gasteiger partial charge in [-0.3, -0.25) is 4.79 Å². The topological polar surface area (TPSA) is 120 Å². The number of sulfonamides is 1. The molecule has 0 bridgehead atoms. The van der Waals surface area contributed by atoms with Gasteiger partial charge in [0.25, 0.3) is 5.91 Å². The summed E-state index contributed by atoms with van der Waals surface area (Å²) in [5.41, 5.74) is 2.67. The third-order valence-electron chi connectivity index (χ3n) is 6.21. The molecule has 0 N–H and O–H groups in total. The van der Waals surface area contributed by atoms with E-state index in [1.54, 1.807) is 21.8 Å². The molecule has 0 atom stereocenters. The summed E-state index contributed by atoms with van der Waals surface area (Å²) in [5.74, 6) is 0.209. The van der Waals surface area contributed by atoms with Gasteiger partial charge in [-0.2, -0.15) is 9.40 Å². The predicted molar refractivity (Wildman–Crippen MR) is 131 cm³/mol. The van der Waals surface area contributed by atoms with Crippen LogP contribution in [0, 0.1) is 0 Å². The number of nitrogens with zero attached hydrogens (tertiary/aromatic N) is 6. The summed E-state index contributed by atoms with van der Waals surface area (Å²) in [7, 11) is -3.28. The van der Waals surface area contributed by atoms with Crippen LogP contribution < -0.4 is 0 Å².